The highest BCUT2D eigenvalue weighted by Gasteiger charge is 2.24. The zero-order chi connectivity index (χ0) is 14.1. The van der Waals surface area contributed by atoms with Crippen LogP contribution in [0.2, 0.25) is 5.02 Å². The summed E-state index contributed by atoms with van der Waals surface area (Å²) in [5, 5.41) is 0.761. The van der Waals surface area contributed by atoms with E-state index in [4.69, 9.17) is 17.3 Å². The van der Waals surface area contributed by atoms with Gasteiger partial charge in [0.1, 0.15) is 0 Å². The van der Waals surface area contributed by atoms with Crippen molar-refractivity contribution in [3.8, 4) is 0 Å². The third-order valence-electron chi connectivity index (χ3n) is 4.30. The van der Waals surface area contributed by atoms with E-state index >= 15 is 0 Å². The maximum atomic E-state index is 6.51. The van der Waals surface area contributed by atoms with Crippen molar-refractivity contribution in [2.45, 2.75) is 38.1 Å². The quantitative estimate of drug-likeness (QED) is 0.847. The van der Waals surface area contributed by atoms with Gasteiger partial charge in [0, 0.05) is 5.02 Å². The Morgan fingerprint density at radius 1 is 1.15 bits per heavy atom. The van der Waals surface area contributed by atoms with E-state index in [0.29, 0.717) is 5.92 Å². The lowest BCUT2D eigenvalue weighted by atomic mass is 9.76. The van der Waals surface area contributed by atoms with Gasteiger partial charge < -0.3 is 5.73 Å². The molecule has 0 aliphatic heterocycles. The van der Waals surface area contributed by atoms with Gasteiger partial charge in [0.25, 0.3) is 0 Å². The molecule has 2 heteroatoms. The third kappa shape index (κ3) is 2.61. The summed E-state index contributed by atoms with van der Waals surface area (Å²) in [4.78, 5) is 0. The van der Waals surface area contributed by atoms with Gasteiger partial charge in [-0.15, -0.1) is 0 Å². The first-order chi connectivity index (χ1) is 9.65. The minimum atomic E-state index is -0.0933. The molecule has 0 saturated heterocycles. The minimum absolute atomic E-state index is 0.0933. The van der Waals surface area contributed by atoms with Gasteiger partial charge in [-0.3, -0.25) is 0 Å². The van der Waals surface area contributed by atoms with Crippen LogP contribution in [0.5, 0.6) is 0 Å². The molecular weight excluding hydrogens is 266 g/mol. The monoisotopic (exact) mass is 285 g/mol. The number of aryl methyl sites for hydroxylation is 1. The standard InChI is InChI=1S/C18H20ClN/c1-12-9-14(11-15(19)10-12)18(20)17-8-3-2-7-16(17)13-5-4-6-13/h2-3,7-11,13,18H,4-6,20H2,1H3. The van der Waals surface area contributed by atoms with Crippen LogP contribution in [0.15, 0.2) is 42.5 Å². The molecule has 1 nitrogen and oxygen atoms in total. The molecule has 2 aromatic carbocycles. The Bertz CT molecular complexity index is 596. The van der Waals surface area contributed by atoms with Crippen LogP contribution in [-0.4, -0.2) is 0 Å². The molecule has 0 amide bonds. The Hall–Kier alpha value is -1.31. The number of hydrogen-bond acceptors (Lipinski definition) is 1. The molecule has 0 spiro atoms. The summed E-state index contributed by atoms with van der Waals surface area (Å²) in [6.07, 6.45) is 3.92. The zero-order valence-corrected chi connectivity index (χ0v) is 12.5. The van der Waals surface area contributed by atoms with E-state index in [0.717, 1.165) is 16.1 Å². The molecule has 1 unspecified atom stereocenters. The van der Waals surface area contributed by atoms with Crippen LogP contribution in [0, 0.1) is 6.92 Å². The van der Waals surface area contributed by atoms with Crippen molar-refractivity contribution >= 4 is 11.6 Å². The Labute approximate surface area is 125 Å². The molecule has 0 heterocycles. The van der Waals surface area contributed by atoms with Crippen molar-refractivity contribution in [1.29, 1.82) is 0 Å². The van der Waals surface area contributed by atoms with Gasteiger partial charge in [0.2, 0.25) is 0 Å². The van der Waals surface area contributed by atoms with Gasteiger partial charge in [-0.05, 0) is 60.1 Å². The average Bonchev–Trinajstić information content (AvgIpc) is 2.35. The van der Waals surface area contributed by atoms with Crippen LogP contribution in [0.4, 0.5) is 0 Å². The summed E-state index contributed by atoms with van der Waals surface area (Å²) >= 11 is 6.17. The number of halogens is 1. The molecule has 1 atom stereocenters. The van der Waals surface area contributed by atoms with Crippen LogP contribution >= 0.6 is 11.6 Å². The van der Waals surface area contributed by atoms with Crippen molar-refractivity contribution in [3.05, 3.63) is 69.7 Å². The fourth-order valence-electron chi connectivity index (χ4n) is 3.01. The van der Waals surface area contributed by atoms with E-state index in [2.05, 4.69) is 37.3 Å². The van der Waals surface area contributed by atoms with Crippen molar-refractivity contribution in [2.75, 3.05) is 0 Å². The summed E-state index contributed by atoms with van der Waals surface area (Å²) in [5.41, 5.74) is 11.4. The van der Waals surface area contributed by atoms with Gasteiger partial charge >= 0.3 is 0 Å². The molecule has 1 aliphatic carbocycles. The number of benzene rings is 2. The lowest BCUT2D eigenvalue weighted by Gasteiger charge is -2.29. The first kappa shape index (κ1) is 13.7. The van der Waals surface area contributed by atoms with Crippen LogP contribution in [0.3, 0.4) is 0 Å². The fourth-order valence-corrected chi connectivity index (χ4v) is 3.31. The van der Waals surface area contributed by atoms with Gasteiger partial charge in [0.05, 0.1) is 6.04 Å². The summed E-state index contributed by atoms with van der Waals surface area (Å²) in [6.45, 7) is 2.06. The zero-order valence-electron chi connectivity index (χ0n) is 11.8. The molecule has 0 aromatic heterocycles. The van der Waals surface area contributed by atoms with Gasteiger partial charge in [0.15, 0.2) is 0 Å². The Morgan fingerprint density at radius 3 is 2.55 bits per heavy atom. The summed E-state index contributed by atoms with van der Waals surface area (Å²) in [5.74, 6) is 0.692. The summed E-state index contributed by atoms with van der Waals surface area (Å²) in [7, 11) is 0. The van der Waals surface area contributed by atoms with Gasteiger partial charge in [-0.2, -0.15) is 0 Å². The Morgan fingerprint density at radius 2 is 1.90 bits per heavy atom. The van der Waals surface area contributed by atoms with Crippen LogP contribution in [-0.2, 0) is 0 Å². The van der Waals surface area contributed by atoms with Gasteiger partial charge in [-0.1, -0.05) is 48.4 Å². The van der Waals surface area contributed by atoms with Crippen molar-refractivity contribution in [1.82, 2.24) is 0 Å². The van der Waals surface area contributed by atoms with Crippen molar-refractivity contribution in [2.24, 2.45) is 5.73 Å². The molecule has 20 heavy (non-hydrogen) atoms. The van der Waals surface area contributed by atoms with E-state index in [1.165, 1.54) is 30.4 Å². The van der Waals surface area contributed by atoms with Crippen LogP contribution < -0.4 is 5.73 Å². The number of nitrogens with two attached hydrogens (primary N) is 1. The Kier molecular flexibility index (Phi) is 3.82. The van der Waals surface area contributed by atoms with E-state index < -0.39 is 0 Å². The van der Waals surface area contributed by atoms with Crippen LogP contribution in [0.1, 0.15) is 53.5 Å². The molecule has 1 aliphatic rings. The second kappa shape index (κ2) is 5.59. The first-order valence-corrected chi connectivity index (χ1v) is 7.64. The normalized spacial score (nSPS) is 16.8. The first-order valence-electron chi connectivity index (χ1n) is 7.26. The van der Waals surface area contributed by atoms with Crippen LogP contribution in [0.25, 0.3) is 0 Å². The average molecular weight is 286 g/mol. The largest absolute Gasteiger partial charge is 0.320 e. The molecule has 104 valence electrons. The molecule has 2 aromatic rings. The lowest BCUT2D eigenvalue weighted by Crippen LogP contribution is -2.18. The topological polar surface area (TPSA) is 26.0 Å². The second-order valence-corrected chi connectivity index (χ2v) is 6.23. The van der Waals surface area contributed by atoms with E-state index in [9.17, 15) is 0 Å². The molecule has 3 rings (SSSR count). The molecule has 0 bridgehead atoms. The van der Waals surface area contributed by atoms with Gasteiger partial charge in [-0.25, -0.2) is 0 Å². The highest BCUT2D eigenvalue weighted by molar-refractivity contribution is 6.30. The third-order valence-corrected chi connectivity index (χ3v) is 4.52. The summed E-state index contributed by atoms with van der Waals surface area (Å²) in [6, 6.07) is 14.6. The number of rotatable bonds is 3. The molecule has 0 radical (unpaired) electrons. The predicted octanol–water partition coefficient (Wildman–Crippen LogP) is 4.96. The Balaban J connectivity index is 1.99. The van der Waals surface area contributed by atoms with Crippen molar-refractivity contribution < 1.29 is 0 Å². The second-order valence-electron chi connectivity index (χ2n) is 5.80. The summed E-state index contributed by atoms with van der Waals surface area (Å²) < 4.78 is 0. The van der Waals surface area contributed by atoms with E-state index in [1.54, 1.807) is 0 Å². The minimum Gasteiger partial charge on any atom is -0.320 e. The smallest absolute Gasteiger partial charge is 0.0555 e. The van der Waals surface area contributed by atoms with Crippen molar-refractivity contribution in [3.63, 3.8) is 0 Å². The molecule has 1 fully saturated rings. The predicted molar refractivity (Wildman–Crippen MR) is 85.3 cm³/mol. The molecular formula is C18H20ClN. The highest BCUT2D eigenvalue weighted by Crippen LogP contribution is 2.40. The highest BCUT2D eigenvalue weighted by atomic mass is 35.5. The fraction of sp³-hybridized carbons (Fsp3) is 0.333. The molecule has 1 saturated carbocycles. The SMILES string of the molecule is Cc1cc(Cl)cc(C(N)c2ccccc2C2CCC2)c1. The maximum absolute atomic E-state index is 6.51. The van der Waals surface area contributed by atoms with E-state index in [-0.39, 0.29) is 6.04 Å². The van der Waals surface area contributed by atoms with E-state index in [1.807, 2.05) is 12.1 Å². The lowest BCUT2D eigenvalue weighted by molar-refractivity contribution is 0.416. The molecule has 2 N–H and O–H groups in total. The maximum Gasteiger partial charge on any atom is 0.0555 e. The number of hydrogen-bond donors (Lipinski definition) is 1.